The highest BCUT2D eigenvalue weighted by atomic mass is 32.2. The summed E-state index contributed by atoms with van der Waals surface area (Å²) in [5.74, 6) is -1.39. The van der Waals surface area contributed by atoms with Crippen LogP contribution < -0.4 is 24.8 Å². The van der Waals surface area contributed by atoms with Crippen molar-refractivity contribution in [1.29, 1.82) is 0 Å². The van der Waals surface area contributed by atoms with Crippen LogP contribution in [0.3, 0.4) is 0 Å². The van der Waals surface area contributed by atoms with Crippen LogP contribution in [0.15, 0.2) is 65.1 Å². The first-order chi connectivity index (χ1) is 29.9. The number of nitrogens with one attached hydrogen (secondary N) is 3. The van der Waals surface area contributed by atoms with E-state index < -0.39 is 68.7 Å². The fraction of sp³-hybridized carbons (Fsp3) is 0.500. The number of allylic oxidation sites excluding steroid dienone is 1. The lowest BCUT2D eigenvalue weighted by molar-refractivity contribution is -0.141. The van der Waals surface area contributed by atoms with Crippen molar-refractivity contribution in [1.82, 2.24) is 25.2 Å². The zero-order chi connectivity index (χ0) is 43.2. The van der Waals surface area contributed by atoms with Crippen molar-refractivity contribution in [3.8, 4) is 22.8 Å². The van der Waals surface area contributed by atoms with Crippen LogP contribution in [0.4, 0.5) is 4.79 Å². The predicted molar refractivity (Wildman–Crippen MR) is 230 cm³/mol. The molecule has 3 N–H and O–H groups in total. The maximum absolute atomic E-state index is 14.8. The van der Waals surface area contributed by atoms with Gasteiger partial charge < -0.3 is 34.2 Å². The molecule has 2 aliphatic heterocycles. The van der Waals surface area contributed by atoms with Crippen LogP contribution in [0, 0.1) is 12.8 Å². The molecule has 4 fully saturated rings. The van der Waals surface area contributed by atoms with Crippen molar-refractivity contribution in [3.05, 3.63) is 66.2 Å². The van der Waals surface area contributed by atoms with E-state index in [-0.39, 0.29) is 25.5 Å². The minimum atomic E-state index is -3.92. The number of sulfonamides is 1. The third-order valence-electron chi connectivity index (χ3n) is 12.9. The maximum Gasteiger partial charge on any atom is 0.408 e. The summed E-state index contributed by atoms with van der Waals surface area (Å²) in [6.45, 7) is 1.97. The third kappa shape index (κ3) is 8.57. The molecule has 15 nitrogen and oxygen atoms in total. The van der Waals surface area contributed by atoms with E-state index in [2.05, 4.69) is 15.4 Å². The molecule has 5 aliphatic rings. The van der Waals surface area contributed by atoms with Crippen molar-refractivity contribution in [2.45, 2.75) is 125 Å². The number of aromatic nitrogens is 1. The Hall–Kier alpha value is -5.64. The minimum Gasteiger partial charge on any atom is -0.497 e. The summed E-state index contributed by atoms with van der Waals surface area (Å²) in [6, 6.07) is 13.1. The van der Waals surface area contributed by atoms with Gasteiger partial charge in [-0.1, -0.05) is 54.8 Å². The molecule has 5 atom stereocenters. The fourth-order valence-corrected chi connectivity index (χ4v) is 10.5. The van der Waals surface area contributed by atoms with Crippen molar-refractivity contribution < 1.29 is 46.2 Å². The van der Waals surface area contributed by atoms with Crippen LogP contribution in [0.5, 0.6) is 11.5 Å². The monoisotopic (exact) mass is 867 g/mol. The van der Waals surface area contributed by atoms with Crippen LogP contribution in [-0.4, -0.2) is 90.9 Å². The van der Waals surface area contributed by atoms with Crippen LogP contribution in [0.2, 0.25) is 0 Å². The van der Waals surface area contributed by atoms with Gasteiger partial charge in [-0.25, -0.2) is 18.2 Å². The van der Waals surface area contributed by atoms with Crippen molar-refractivity contribution >= 4 is 55.9 Å². The van der Waals surface area contributed by atoms with Crippen molar-refractivity contribution in [2.24, 2.45) is 5.92 Å². The standard InChI is InChI=1S/C46H53N5O10S/c1-27-14-16-28(17-15-27)36-24-39(41-40(47-36)34-21-18-31(58-2)23-38(34)61-41)59-32-22-37-42(52)49-46(44(54)50-62(56,57)33-19-20-33)25-29(46)10-6-4-3-5-7-13-35(43(53)51(37)26-32)48-45(55)60-30-11-8-9-12-30/h6,10,14-18,21,23-24,29-30,32-33,35,37H,3-5,7-9,11-13,19-20,22,25-26H2,1-2H3,(H,48,55)(H,49,52)(H,50,54)/b10-6-/t29-,32+,35-,37-,46+/m0/s1. The molecule has 0 bridgehead atoms. The van der Waals surface area contributed by atoms with Gasteiger partial charge in [0.25, 0.3) is 5.91 Å². The van der Waals surface area contributed by atoms with Crippen LogP contribution >= 0.6 is 0 Å². The van der Waals surface area contributed by atoms with Gasteiger partial charge >= 0.3 is 6.09 Å². The van der Waals surface area contributed by atoms with Gasteiger partial charge in [0.15, 0.2) is 11.3 Å². The summed E-state index contributed by atoms with van der Waals surface area (Å²) in [5.41, 5.74) is 2.49. The number of methoxy groups -OCH3 is 1. The molecule has 328 valence electrons. The van der Waals surface area contributed by atoms with Gasteiger partial charge in [0.05, 0.1) is 24.6 Å². The summed E-state index contributed by atoms with van der Waals surface area (Å²) in [7, 11) is -2.34. The number of alkyl carbamates (subject to hydrolysis) is 1. The first kappa shape index (κ1) is 41.7. The molecule has 0 unspecified atom stereocenters. The molecular weight excluding hydrogens is 815 g/mol. The second-order valence-corrected chi connectivity index (χ2v) is 19.5. The topological polar surface area (TPSA) is 195 Å². The lowest BCUT2D eigenvalue weighted by atomic mass is 10.0. The first-order valence-electron chi connectivity index (χ1n) is 21.9. The Balaban J connectivity index is 1.06. The van der Waals surface area contributed by atoms with E-state index >= 15 is 0 Å². The molecule has 3 aliphatic carbocycles. The highest BCUT2D eigenvalue weighted by Gasteiger charge is 2.62. The molecular formula is C46H53N5O10S. The number of pyridine rings is 1. The smallest absolute Gasteiger partial charge is 0.408 e. The third-order valence-corrected chi connectivity index (χ3v) is 14.8. The Labute approximate surface area is 360 Å². The largest absolute Gasteiger partial charge is 0.497 e. The number of nitrogens with zero attached hydrogens (tertiary/aromatic N) is 2. The van der Waals surface area contributed by atoms with E-state index in [1.54, 1.807) is 19.2 Å². The highest BCUT2D eigenvalue weighted by molar-refractivity contribution is 7.91. The lowest BCUT2D eigenvalue weighted by Crippen LogP contribution is -2.58. The lowest BCUT2D eigenvalue weighted by Gasteiger charge is -2.30. The van der Waals surface area contributed by atoms with E-state index in [0.29, 0.717) is 66.0 Å². The van der Waals surface area contributed by atoms with E-state index in [4.69, 9.17) is 23.6 Å². The summed E-state index contributed by atoms with van der Waals surface area (Å²) in [4.78, 5) is 63.1. The number of carbonyl (C=O) groups excluding carboxylic acids is 4. The average Bonchev–Trinajstić information content (AvgIpc) is 4.07. The Kier molecular flexibility index (Phi) is 11.4. The van der Waals surface area contributed by atoms with E-state index in [9.17, 15) is 27.6 Å². The number of hydrogen-bond acceptors (Lipinski definition) is 11. The average molecular weight is 868 g/mol. The van der Waals surface area contributed by atoms with Gasteiger partial charge in [0.2, 0.25) is 21.8 Å². The Morgan fingerprint density at radius 1 is 0.952 bits per heavy atom. The molecule has 0 spiro atoms. The number of benzene rings is 2. The molecule has 4 amide bonds. The maximum atomic E-state index is 14.8. The Morgan fingerprint density at radius 3 is 2.48 bits per heavy atom. The molecule has 9 rings (SSSR count). The number of ether oxygens (including phenoxy) is 3. The van der Waals surface area contributed by atoms with Gasteiger partial charge in [0, 0.05) is 35.4 Å². The number of fused-ring (bicyclic) bond motifs is 5. The van der Waals surface area contributed by atoms with Crippen LogP contribution in [0.1, 0.15) is 89.0 Å². The molecule has 62 heavy (non-hydrogen) atoms. The van der Waals surface area contributed by atoms with Crippen LogP contribution in [-0.2, 0) is 29.1 Å². The number of amides is 4. The molecule has 3 saturated carbocycles. The van der Waals surface area contributed by atoms with Gasteiger partial charge in [-0.15, -0.1) is 0 Å². The molecule has 4 aromatic rings. The molecule has 2 aromatic carbocycles. The zero-order valence-electron chi connectivity index (χ0n) is 35.0. The van der Waals surface area contributed by atoms with Gasteiger partial charge in [0.1, 0.15) is 46.7 Å². The molecule has 4 heterocycles. The summed E-state index contributed by atoms with van der Waals surface area (Å²) in [5, 5.41) is 5.87. The number of aryl methyl sites for hydroxylation is 1. The fourth-order valence-electron chi connectivity index (χ4n) is 9.13. The second-order valence-electron chi connectivity index (χ2n) is 17.5. The summed E-state index contributed by atoms with van der Waals surface area (Å²) >= 11 is 0. The minimum absolute atomic E-state index is 0.0210. The van der Waals surface area contributed by atoms with E-state index in [1.807, 2.05) is 55.5 Å². The van der Waals surface area contributed by atoms with Gasteiger partial charge in [-0.2, -0.15) is 0 Å². The number of carbonyl (C=O) groups is 4. The Bertz CT molecular complexity index is 2530. The van der Waals surface area contributed by atoms with Crippen molar-refractivity contribution in [2.75, 3.05) is 13.7 Å². The van der Waals surface area contributed by atoms with Gasteiger partial charge in [-0.05, 0) is 83.3 Å². The molecule has 2 aromatic heterocycles. The van der Waals surface area contributed by atoms with Crippen molar-refractivity contribution in [3.63, 3.8) is 0 Å². The zero-order valence-corrected chi connectivity index (χ0v) is 35.8. The van der Waals surface area contributed by atoms with E-state index in [0.717, 1.165) is 55.0 Å². The molecule has 16 heteroatoms. The molecule has 0 radical (unpaired) electrons. The quantitative estimate of drug-likeness (QED) is 0.159. The number of furan rings is 1. The normalized spacial score (nSPS) is 26.5. The van der Waals surface area contributed by atoms with E-state index in [1.165, 1.54) is 4.90 Å². The Morgan fingerprint density at radius 2 is 1.73 bits per heavy atom. The predicted octanol–water partition coefficient (Wildman–Crippen LogP) is 6.35. The van der Waals surface area contributed by atoms with Crippen LogP contribution in [0.25, 0.3) is 33.3 Å². The number of hydrogen-bond donors (Lipinski definition) is 3. The second kappa shape index (κ2) is 16.9. The highest BCUT2D eigenvalue weighted by Crippen LogP contribution is 2.46. The molecule has 1 saturated heterocycles. The summed E-state index contributed by atoms with van der Waals surface area (Å²) < 4.78 is 52.6. The SMILES string of the molecule is COc1ccc2c(c1)oc1c(O[C@@H]3C[C@H]4C(=O)N[C@]5(C(=O)NS(=O)(=O)C6CC6)C[C@@H]5/C=C\CCCCC[C@H](NC(=O)OC5CCCC5)C(=O)N4C3)cc(-c3ccc(C)cc3)nc12. The first-order valence-corrected chi connectivity index (χ1v) is 23.4. The summed E-state index contributed by atoms with van der Waals surface area (Å²) in [6.07, 6.45) is 9.98. The van der Waals surface area contributed by atoms with Gasteiger partial charge in [-0.3, -0.25) is 19.1 Å². The number of rotatable bonds is 9.